The number of ether oxygens (including phenoxy) is 1. The fourth-order valence-corrected chi connectivity index (χ4v) is 3.12. The predicted molar refractivity (Wildman–Crippen MR) is 98.4 cm³/mol. The van der Waals surface area contributed by atoms with Crippen LogP contribution in [0.5, 0.6) is 0 Å². The van der Waals surface area contributed by atoms with Gasteiger partial charge in [0.05, 0.1) is 17.8 Å². The zero-order valence-electron chi connectivity index (χ0n) is 16.2. The van der Waals surface area contributed by atoms with Gasteiger partial charge >= 0.3 is 0 Å². The summed E-state index contributed by atoms with van der Waals surface area (Å²) in [5.41, 5.74) is 0.775. The van der Waals surface area contributed by atoms with Crippen molar-refractivity contribution in [1.29, 1.82) is 0 Å². The van der Waals surface area contributed by atoms with Gasteiger partial charge in [0.1, 0.15) is 0 Å². The van der Waals surface area contributed by atoms with E-state index in [1.165, 1.54) is 0 Å². The van der Waals surface area contributed by atoms with Crippen molar-refractivity contribution in [2.24, 2.45) is 5.92 Å². The summed E-state index contributed by atoms with van der Waals surface area (Å²) in [5.74, 6) is 0.553. The molecule has 1 saturated heterocycles. The quantitative estimate of drug-likeness (QED) is 0.804. The number of carbonyl (C=O) groups is 1. The second-order valence-electron chi connectivity index (χ2n) is 8.37. The maximum absolute atomic E-state index is 13.0. The fraction of sp³-hybridized carbons (Fsp3) is 0.750. The topological polar surface area (TPSA) is 34.5 Å². The van der Waals surface area contributed by atoms with Crippen LogP contribution in [0.1, 0.15) is 71.2 Å². The number of carbonyl (C=O) groups excluding carboxylic acids is 1. The van der Waals surface area contributed by atoms with E-state index in [2.05, 4.69) is 46.1 Å². The Balaban J connectivity index is 2.12. The molecular weight excluding hydrogens is 300 g/mol. The third-order valence-corrected chi connectivity index (χ3v) is 4.82. The molecule has 0 spiro atoms. The molecule has 0 bridgehead atoms. The summed E-state index contributed by atoms with van der Waals surface area (Å²) in [7, 11) is 0. The van der Waals surface area contributed by atoms with Gasteiger partial charge in [0.25, 0.3) is 5.91 Å². The Morgan fingerprint density at radius 1 is 1.33 bits per heavy atom. The lowest BCUT2D eigenvalue weighted by atomic mass is 10.0. The molecule has 4 nitrogen and oxygen atoms in total. The Bertz CT molecular complexity index is 542. The van der Waals surface area contributed by atoms with E-state index in [1.807, 2.05) is 23.4 Å². The average Bonchev–Trinajstić information content (AvgIpc) is 3.02. The van der Waals surface area contributed by atoms with Gasteiger partial charge in [-0.1, -0.05) is 33.6 Å². The highest BCUT2D eigenvalue weighted by molar-refractivity contribution is 5.94. The minimum atomic E-state index is -0.00628. The molecule has 0 N–H and O–H groups in total. The Kier molecular flexibility index (Phi) is 6.13. The summed E-state index contributed by atoms with van der Waals surface area (Å²) in [4.78, 5) is 15.0. The van der Waals surface area contributed by atoms with Crippen molar-refractivity contribution in [3.63, 3.8) is 0 Å². The number of hydrogen-bond donors (Lipinski definition) is 0. The summed E-state index contributed by atoms with van der Waals surface area (Å²) in [6.07, 6.45) is 7.62. The molecule has 2 heterocycles. The van der Waals surface area contributed by atoms with Crippen LogP contribution < -0.4 is 0 Å². The van der Waals surface area contributed by atoms with Crippen molar-refractivity contribution in [2.75, 3.05) is 13.1 Å². The first-order chi connectivity index (χ1) is 11.2. The number of unbranched alkanes of at least 4 members (excludes halogenated alkanes) is 1. The summed E-state index contributed by atoms with van der Waals surface area (Å²) >= 11 is 0. The molecule has 1 aliphatic rings. The van der Waals surface area contributed by atoms with Gasteiger partial charge in [-0.05, 0) is 39.2 Å². The van der Waals surface area contributed by atoms with Gasteiger partial charge in [0.15, 0.2) is 0 Å². The van der Waals surface area contributed by atoms with Crippen LogP contribution >= 0.6 is 0 Å². The normalized spacial score (nSPS) is 22.2. The molecule has 2 rings (SSSR count). The summed E-state index contributed by atoms with van der Waals surface area (Å²) < 4.78 is 8.33. The van der Waals surface area contributed by atoms with Gasteiger partial charge < -0.3 is 14.2 Å². The van der Waals surface area contributed by atoms with Crippen molar-refractivity contribution in [3.8, 4) is 0 Å². The third kappa shape index (κ3) is 4.62. The van der Waals surface area contributed by atoms with E-state index < -0.39 is 0 Å². The van der Waals surface area contributed by atoms with Crippen LogP contribution in [0.4, 0.5) is 0 Å². The van der Waals surface area contributed by atoms with Gasteiger partial charge in [-0.2, -0.15) is 0 Å². The highest BCUT2D eigenvalue weighted by Gasteiger charge is 2.32. The molecule has 0 aromatic carbocycles. The molecule has 0 radical (unpaired) electrons. The molecule has 0 unspecified atom stereocenters. The lowest BCUT2D eigenvalue weighted by Crippen LogP contribution is -2.51. The minimum Gasteiger partial charge on any atom is -0.371 e. The lowest BCUT2D eigenvalue weighted by Gasteiger charge is -2.40. The number of rotatable bonds is 5. The smallest absolute Gasteiger partial charge is 0.255 e. The first-order valence-electron chi connectivity index (χ1n) is 9.35. The van der Waals surface area contributed by atoms with Crippen LogP contribution in [0, 0.1) is 5.92 Å². The van der Waals surface area contributed by atoms with Crippen LogP contribution in [-0.2, 0) is 10.3 Å². The van der Waals surface area contributed by atoms with Gasteiger partial charge in [-0.15, -0.1) is 0 Å². The molecule has 1 fully saturated rings. The van der Waals surface area contributed by atoms with Crippen LogP contribution in [0.3, 0.4) is 0 Å². The SMILES string of the molecule is CCCC[C@@H]1CN(C(=O)c2ccn(C(C)(C)C)c2)C[C@H](C(C)C)O1. The van der Waals surface area contributed by atoms with Crippen LogP contribution in [0.15, 0.2) is 18.5 Å². The first kappa shape index (κ1) is 19.0. The standard InChI is InChI=1S/C20H34N2O2/c1-7-8-9-17-13-21(14-18(24-17)15(2)3)19(23)16-10-11-22(12-16)20(4,5)6/h10-12,15,17-18H,7-9,13-14H2,1-6H3/t17-,18-/m1/s1. The van der Waals surface area contributed by atoms with Gasteiger partial charge in [-0.3, -0.25) is 4.79 Å². The fourth-order valence-electron chi connectivity index (χ4n) is 3.12. The molecule has 0 aliphatic carbocycles. The van der Waals surface area contributed by atoms with Crippen LogP contribution in [-0.4, -0.2) is 40.7 Å². The zero-order chi connectivity index (χ0) is 17.9. The zero-order valence-corrected chi connectivity index (χ0v) is 16.2. The molecule has 1 aromatic rings. The molecule has 24 heavy (non-hydrogen) atoms. The molecule has 0 saturated carbocycles. The maximum Gasteiger partial charge on any atom is 0.255 e. The Morgan fingerprint density at radius 3 is 2.58 bits per heavy atom. The van der Waals surface area contributed by atoms with E-state index >= 15 is 0 Å². The monoisotopic (exact) mass is 334 g/mol. The van der Waals surface area contributed by atoms with Crippen molar-refractivity contribution in [1.82, 2.24) is 9.47 Å². The van der Waals surface area contributed by atoms with Crippen LogP contribution in [0.25, 0.3) is 0 Å². The van der Waals surface area contributed by atoms with Gasteiger partial charge in [-0.25, -0.2) is 0 Å². The average molecular weight is 335 g/mol. The van der Waals surface area contributed by atoms with Crippen molar-refractivity contribution in [2.45, 2.75) is 78.6 Å². The lowest BCUT2D eigenvalue weighted by molar-refractivity contribution is -0.0962. The van der Waals surface area contributed by atoms with E-state index in [4.69, 9.17) is 4.74 Å². The number of aromatic nitrogens is 1. The van der Waals surface area contributed by atoms with Crippen molar-refractivity contribution >= 4 is 5.91 Å². The summed E-state index contributed by atoms with van der Waals surface area (Å²) in [6, 6.07) is 1.94. The third-order valence-electron chi connectivity index (χ3n) is 4.82. The summed E-state index contributed by atoms with van der Waals surface area (Å²) in [5, 5.41) is 0. The van der Waals surface area contributed by atoms with E-state index in [9.17, 15) is 4.79 Å². The maximum atomic E-state index is 13.0. The first-order valence-corrected chi connectivity index (χ1v) is 9.35. The second kappa shape index (κ2) is 7.73. The second-order valence-corrected chi connectivity index (χ2v) is 8.37. The molecule has 1 aliphatic heterocycles. The molecule has 2 atom stereocenters. The molecule has 1 amide bonds. The number of morpholine rings is 1. The van der Waals surface area contributed by atoms with E-state index in [0.29, 0.717) is 19.0 Å². The van der Waals surface area contributed by atoms with Gasteiger partial charge in [0, 0.05) is 31.0 Å². The highest BCUT2D eigenvalue weighted by atomic mass is 16.5. The predicted octanol–water partition coefficient (Wildman–Crippen LogP) is 4.30. The highest BCUT2D eigenvalue weighted by Crippen LogP contribution is 2.23. The molecule has 4 heteroatoms. The summed E-state index contributed by atoms with van der Waals surface area (Å²) in [6.45, 7) is 14.4. The van der Waals surface area contributed by atoms with Crippen molar-refractivity contribution in [3.05, 3.63) is 24.0 Å². The van der Waals surface area contributed by atoms with Crippen molar-refractivity contribution < 1.29 is 9.53 Å². The minimum absolute atomic E-state index is 0.00628. The Hall–Kier alpha value is -1.29. The molecular formula is C20H34N2O2. The van der Waals surface area contributed by atoms with E-state index in [0.717, 1.165) is 24.8 Å². The Morgan fingerprint density at radius 2 is 2.04 bits per heavy atom. The molecule has 136 valence electrons. The van der Waals surface area contributed by atoms with Crippen LogP contribution in [0.2, 0.25) is 0 Å². The Labute approximate surface area is 147 Å². The number of amides is 1. The number of nitrogens with zero attached hydrogens (tertiary/aromatic N) is 2. The van der Waals surface area contributed by atoms with Gasteiger partial charge in [0.2, 0.25) is 0 Å². The van der Waals surface area contributed by atoms with E-state index in [-0.39, 0.29) is 23.7 Å². The number of hydrogen-bond acceptors (Lipinski definition) is 2. The molecule has 1 aromatic heterocycles. The largest absolute Gasteiger partial charge is 0.371 e. The van der Waals surface area contributed by atoms with E-state index in [1.54, 1.807) is 0 Å².